The first-order chi connectivity index (χ1) is 14.7. The van der Waals surface area contributed by atoms with Crippen molar-refractivity contribution in [1.29, 1.82) is 0 Å². The van der Waals surface area contributed by atoms with Gasteiger partial charge in [0.15, 0.2) is 6.20 Å². The Morgan fingerprint density at radius 2 is 1.52 bits per heavy atom. The first-order valence-corrected chi connectivity index (χ1v) is 11.1. The molecule has 0 aliphatic heterocycles. The lowest BCUT2D eigenvalue weighted by molar-refractivity contribution is -0.661. The fraction of sp³-hybridized carbons (Fsp3) is 0.276. The Morgan fingerprint density at radius 1 is 0.806 bits per heavy atom. The van der Waals surface area contributed by atoms with Crippen LogP contribution in [0.1, 0.15) is 44.4 Å². The average Bonchev–Trinajstić information content (AvgIpc) is 3.07. The first kappa shape index (κ1) is 18.6. The molecule has 0 atom stereocenters. The van der Waals surface area contributed by atoms with Gasteiger partial charge in [0.25, 0.3) is 0 Å². The molecule has 0 spiro atoms. The van der Waals surface area contributed by atoms with Gasteiger partial charge < -0.3 is 4.42 Å². The van der Waals surface area contributed by atoms with Crippen molar-refractivity contribution in [2.24, 2.45) is 7.05 Å². The molecule has 2 aromatic heterocycles. The summed E-state index contributed by atoms with van der Waals surface area (Å²) in [5.41, 5.74) is 8.56. The maximum Gasteiger partial charge on any atom is 0.216 e. The van der Waals surface area contributed by atoms with Gasteiger partial charge in [-0.15, -0.1) is 0 Å². The molecule has 3 aromatic carbocycles. The van der Waals surface area contributed by atoms with Gasteiger partial charge in [-0.3, -0.25) is 0 Å². The van der Waals surface area contributed by atoms with Crippen LogP contribution in [0.2, 0.25) is 0 Å². The SMILES string of the molecule is Cc1cc2c(oc3cc4ccccc4cc32)c2c1-c1c(ccc[n+]1C)C(C)(C)C2(C)C. The van der Waals surface area contributed by atoms with Crippen LogP contribution < -0.4 is 4.57 Å². The second-order valence-corrected chi connectivity index (χ2v) is 10.2. The number of nitrogens with zero attached hydrogens (tertiary/aromatic N) is 1. The maximum atomic E-state index is 6.69. The minimum absolute atomic E-state index is 0.0429. The van der Waals surface area contributed by atoms with Crippen LogP contribution in [0, 0.1) is 6.92 Å². The van der Waals surface area contributed by atoms with Crippen molar-refractivity contribution in [3.05, 3.63) is 77.5 Å². The second kappa shape index (κ2) is 5.76. The molecular weight excluding hydrogens is 378 g/mol. The Morgan fingerprint density at radius 3 is 2.26 bits per heavy atom. The third kappa shape index (κ3) is 2.20. The number of pyridine rings is 1. The minimum Gasteiger partial charge on any atom is -0.456 e. The van der Waals surface area contributed by atoms with Gasteiger partial charge in [0.1, 0.15) is 18.2 Å². The van der Waals surface area contributed by atoms with E-state index >= 15 is 0 Å². The number of benzene rings is 3. The van der Waals surface area contributed by atoms with E-state index < -0.39 is 0 Å². The summed E-state index contributed by atoms with van der Waals surface area (Å²) in [6, 6.07) is 19.8. The zero-order valence-electron chi connectivity index (χ0n) is 19.1. The van der Waals surface area contributed by atoms with Crippen LogP contribution in [0.3, 0.4) is 0 Å². The van der Waals surface area contributed by atoms with Crippen molar-refractivity contribution in [3.8, 4) is 11.3 Å². The molecule has 0 N–H and O–H groups in total. The van der Waals surface area contributed by atoms with E-state index in [-0.39, 0.29) is 10.8 Å². The minimum atomic E-state index is -0.0960. The zero-order chi connectivity index (χ0) is 21.7. The molecule has 0 fully saturated rings. The highest BCUT2D eigenvalue weighted by molar-refractivity contribution is 6.12. The van der Waals surface area contributed by atoms with E-state index in [1.807, 2.05) is 0 Å². The molecule has 0 saturated carbocycles. The molecule has 0 bridgehead atoms. The van der Waals surface area contributed by atoms with Crippen molar-refractivity contribution >= 4 is 32.7 Å². The van der Waals surface area contributed by atoms with Gasteiger partial charge in [0.05, 0.1) is 5.56 Å². The van der Waals surface area contributed by atoms with Crippen molar-refractivity contribution < 1.29 is 8.98 Å². The molecule has 2 heteroatoms. The van der Waals surface area contributed by atoms with Crippen molar-refractivity contribution in [2.75, 3.05) is 0 Å². The lowest BCUT2D eigenvalue weighted by Crippen LogP contribution is -2.48. The molecule has 0 amide bonds. The third-order valence-corrected chi connectivity index (χ3v) is 8.11. The van der Waals surface area contributed by atoms with Gasteiger partial charge in [-0.1, -0.05) is 52.0 Å². The predicted octanol–water partition coefficient (Wildman–Crippen LogP) is 7.11. The Bertz CT molecular complexity index is 1550. The summed E-state index contributed by atoms with van der Waals surface area (Å²) < 4.78 is 8.97. The molecule has 154 valence electrons. The molecule has 5 aromatic rings. The van der Waals surface area contributed by atoms with Gasteiger partial charge in [0.2, 0.25) is 5.69 Å². The molecule has 2 nitrogen and oxygen atoms in total. The lowest BCUT2D eigenvalue weighted by atomic mass is 9.55. The molecule has 0 radical (unpaired) electrons. The number of hydrogen-bond acceptors (Lipinski definition) is 1. The molecule has 2 heterocycles. The Kier molecular flexibility index (Phi) is 3.46. The molecule has 31 heavy (non-hydrogen) atoms. The third-order valence-electron chi connectivity index (χ3n) is 8.11. The van der Waals surface area contributed by atoms with E-state index in [2.05, 4.69) is 107 Å². The van der Waals surface area contributed by atoms with Gasteiger partial charge in [-0.2, -0.15) is 0 Å². The fourth-order valence-electron chi connectivity index (χ4n) is 5.71. The van der Waals surface area contributed by atoms with Crippen LogP contribution in [-0.4, -0.2) is 0 Å². The number of hydrogen-bond donors (Lipinski definition) is 0. The lowest BCUT2D eigenvalue weighted by Gasteiger charge is -2.46. The summed E-state index contributed by atoms with van der Waals surface area (Å²) in [7, 11) is 2.16. The van der Waals surface area contributed by atoms with E-state index in [1.54, 1.807) is 0 Å². The van der Waals surface area contributed by atoms with Crippen molar-refractivity contribution in [1.82, 2.24) is 0 Å². The van der Waals surface area contributed by atoms with Gasteiger partial charge >= 0.3 is 0 Å². The van der Waals surface area contributed by atoms with E-state index in [0.29, 0.717) is 0 Å². The van der Waals surface area contributed by atoms with Gasteiger partial charge in [-0.25, -0.2) is 4.57 Å². The fourth-order valence-corrected chi connectivity index (χ4v) is 5.71. The Hall–Kier alpha value is -3.13. The maximum absolute atomic E-state index is 6.69. The normalized spacial score (nSPS) is 16.6. The van der Waals surface area contributed by atoms with Crippen LogP contribution in [0.15, 0.2) is 65.2 Å². The second-order valence-electron chi connectivity index (χ2n) is 10.2. The van der Waals surface area contributed by atoms with E-state index in [9.17, 15) is 0 Å². The van der Waals surface area contributed by atoms with E-state index in [0.717, 1.165) is 11.2 Å². The highest BCUT2D eigenvalue weighted by atomic mass is 16.3. The van der Waals surface area contributed by atoms with Crippen LogP contribution >= 0.6 is 0 Å². The summed E-state index contributed by atoms with van der Waals surface area (Å²) in [6.45, 7) is 11.8. The summed E-state index contributed by atoms with van der Waals surface area (Å²) in [5, 5.41) is 4.90. The predicted molar refractivity (Wildman–Crippen MR) is 129 cm³/mol. The van der Waals surface area contributed by atoms with E-state index in [4.69, 9.17) is 4.42 Å². The summed E-state index contributed by atoms with van der Waals surface area (Å²) >= 11 is 0. The van der Waals surface area contributed by atoms with Crippen LogP contribution in [0.25, 0.3) is 44.0 Å². The Balaban J connectivity index is 1.84. The van der Waals surface area contributed by atoms with Crippen molar-refractivity contribution in [3.63, 3.8) is 0 Å². The zero-order valence-corrected chi connectivity index (χ0v) is 19.1. The smallest absolute Gasteiger partial charge is 0.216 e. The standard InChI is InChI=1S/C29H28NO/c1-17-14-21-20-15-18-10-7-8-11-19(18)16-23(20)31-27(21)25-24(17)26-22(12-9-13-30(26)6)28(2,3)29(25,4)5/h7-16H,1-6H3/q+1. The highest BCUT2D eigenvalue weighted by Crippen LogP contribution is 2.56. The Labute approximate surface area is 183 Å². The van der Waals surface area contributed by atoms with Crippen LogP contribution in [-0.2, 0) is 17.9 Å². The van der Waals surface area contributed by atoms with Crippen LogP contribution in [0.5, 0.6) is 0 Å². The summed E-state index contributed by atoms with van der Waals surface area (Å²) in [4.78, 5) is 0. The molecule has 0 saturated heterocycles. The highest BCUT2D eigenvalue weighted by Gasteiger charge is 2.51. The molecule has 6 rings (SSSR count). The summed E-state index contributed by atoms with van der Waals surface area (Å²) in [6.07, 6.45) is 2.16. The quantitative estimate of drug-likeness (QED) is 0.250. The molecule has 1 aliphatic rings. The monoisotopic (exact) mass is 406 g/mol. The van der Waals surface area contributed by atoms with E-state index in [1.165, 1.54) is 49.5 Å². The van der Waals surface area contributed by atoms with Gasteiger partial charge in [0, 0.05) is 38.8 Å². The first-order valence-electron chi connectivity index (χ1n) is 11.1. The molecule has 0 unspecified atom stereocenters. The number of furan rings is 1. The largest absolute Gasteiger partial charge is 0.456 e. The average molecular weight is 407 g/mol. The number of fused-ring (bicyclic) bond motifs is 8. The molecular formula is C29H28NO+. The number of aromatic nitrogens is 1. The topological polar surface area (TPSA) is 17.0 Å². The summed E-state index contributed by atoms with van der Waals surface area (Å²) in [5.74, 6) is 0. The number of rotatable bonds is 0. The van der Waals surface area contributed by atoms with Crippen LogP contribution in [0.4, 0.5) is 0 Å². The van der Waals surface area contributed by atoms with Gasteiger partial charge in [-0.05, 0) is 47.5 Å². The number of aryl methyl sites for hydroxylation is 2. The van der Waals surface area contributed by atoms with Crippen molar-refractivity contribution in [2.45, 2.75) is 45.4 Å². The molecule has 1 aliphatic carbocycles.